The maximum absolute atomic E-state index is 11.3. The van der Waals surface area contributed by atoms with Crippen LogP contribution in [0.15, 0.2) is 0 Å². The third-order valence-corrected chi connectivity index (χ3v) is 5.25. The van der Waals surface area contributed by atoms with Crippen LogP contribution in [-0.2, 0) is 9.84 Å². The third-order valence-electron chi connectivity index (χ3n) is 4.22. The first-order valence-corrected chi connectivity index (χ1v) is 9.38. The minimum absolute atomic E-state index is 0.105. The summed E-state index contributed by atoms with van der Waals surface area (Å²) in [5.74, 6) is 0.284. The molecule has 19 heavy (non-hydrogen) atoms. The summed E-state index contributed by atoms with van der Waals surface area (Å²) in [7, 11) is 1.38. The number of nitrogens with one attached hydrogen (secondary N) is 1. The van der Waals surface area contributed by atoms with E-state index in [2.05, 4.69) is 45.1 Å². The molecule has 0 aliphatic heterocycles. The number of rotatable bonds is 10. The van der Waals surface area contributed by atoms with Crippen molar-refractivity contribution in [2.24, 2.45) is 0 Å². The van der Waals surface area contributed by atoms with E-state index in [1.54, 1.807) is 0 Å². The molecule has 0 aliphatic rings. The summed E-state index contributed by atoms with van der Waals surface area (Å²) in [5.41, 5.74) is 0.105. The molecule has 1 atom stereocenters. The van der Waals surface area contributed by atoms with Gasteiger partial charge in [-0.1, -0.05) is 20.8 Å². The highest BCUT2D eigenvalue weighted by Gasteiger charge is 2.36. The summed E-state index contributed by atoms with van der Waals surface area (Å²) in [5, 5.41) is 3.56. The maximum atomic E-state index is 11.3. The molecule has 4 nitrogen and oxygen atoms in total. The van der Waals surface area contributed by atoms with Crippen molar-refractivity contribution in [3.05, 3.63) is 0 Å². The standard InChI is InChI=1S/C14H32N2O2S/c1-7-14(8-2,16(4)5)13(15-9-3)11-10-12-19(6,17)18/h13,15H,7-12H2,1-6H3. The van der Waals surface area contributed by atoms with Crippen molar-refractivity contribution in [3.63, 3.8) is 0 Å². The molecule has 0 fully saturated rings. The first-order chi connectivity index (χ1) is 8.73. The van der Waals surface area contributed by atoms with Gasteiger partial charge in [0, 0.05) is 23.6 Å². The largest absolute Gasteiger partial charge is 0.312 e. The van der Waals surface area contributed by atoms with Crippen LogP contribution >= 0.6 is 0 Å². The highest BCUT2D eigenvalue weighted by Crippen LogP contribution is 2.28. The van der Waals surface area contributed by atoms with Crippen LogP contribution in [-0.4, -0.2) is 57.5 Å². The van der Waals surface area contributed by atoms with Crippen LogP contribution in [0.5, 0.6) is 0 Å². The Morgan fingerprint density at radius 3 is 2.00 bits per heavy atom. The molecule has 0 amide bonds. The zero-order valence-corrected chi connectivity index (χ0v) is 14.3. The molecule has 0 aromatic heterocycles. The van der Waals surface area contributed by atoms with Crippen molar-refractivity contribution in [1.82, 2.24) is 10.2 Å². The Kier molecular flexibility index (Phi) is 8.17. The quantitative estimate of drug-likeness (QED) is 0.668. The van der Waals surface area contributed by atoms with Crippen LogP contribution < -0.4 is 5.32 Å². The lowest BCUT2D eigenvalue weighted by molar-refractivity contribution is 0.0846. The molecular formula is C14H32N2O2S. The lowest BCUT2D eigenvalue weighted by Gasteiger charge is -2.45. The van der Waals surface area contributed by atoms with E-state index in [4.69, 9.17) is 0 Å². The van der Waals surface area contributed by atoms with Gasteiger partial charge in [0.2, 0.25) is 0 Å². The van der Waals surface area contributed by atoms with Crippen LogP contribution in [0, 0.1) is 0 Å². The average molecular weight is 292 g/mol. The van der Waals surface area contributed by atoms with Crippen LogP contribution in [0.1, 0.15) is 46.5 Å². The Hall–Kier alpha value is -0.130. The van der Waals surface area contributed by atoms with Crippen molar-refractivity contribution in [2.45, 2.75) is 58.0 Å². The van der Waals surface area contributed by atoms with Crippen molar-refractivity contribution in [2.75, 3.05) is 32.6 Å². The fourth-order valence-electron chi connectivity index (χ4n) is 3.04. The minimum atomic E-state index is -2.86. The summed E-state index contributed by atoms with van der Waals surface area (Å²) in [6.07, 6.45) is 5.07. The molecule has 0 bridgehead atoms. The fraction of sp³-hybridized carbons (Fsp3) is 1.00. The monoisotopic (exact) mass is 292 g/mol. The van der Waals surface area contributed by atoms with Crippen LogP contribution in [0.25, 0.3) is 0 Å². The molecule has 0 radical (unpaired) electrons. The van der Waals surface area contributed by atoms with Gasteiger partial charge in [0.1, 0.15) is 9.84 Å². The molecule has 5 heteroatoms. The van der Waals surface area contributed by atoms with Crippen molar-refractivity contribution >= 4 is 9.84 Å². The van der Waals surface area contributed by atoms with Crippen LogP contribution in [0.4, 0.5) is 0 Å². The Labute approximate surface area is 119 Å². The van der Waals surface area contributed by atoms with Gasteiger partial charge >= 0.3 is 0 Å². The molecule has 0 rings (SSSR count). The summed E-state index contributed by atoms with van der Waals surface area (Å²) < 4.78 is 22.5. The molecule has 116 valence electrons. The van der Waals surface area contributed by atoms with Crippen molar-refractivity contribution < 1.29 is 8.42 Å². The van der Waals surface area contributed by atoms with Gasteiger partial charge < -0.3 is 10.2 Å². The van der Waals surface area contributed by atoms with E-state index in [0.717, 1.165) is 32.2 Å². The molecule has 0 aromatic carbocycles. The Bertz CT molecular complexity index is 335. The number of hydrogen-bond acceptors (Lipinski definition) is 4. The van der Waals surface area contributed by atoms with Crippen molar-refractivity contribution in [1.29, 1.82) is 0 Å². The molecule has 0 aromatic rings. The maximum Gasteiger partial charge on any atom is 0.147 e. The van der Waals surface area contributed by atoms with E-state index in [1.807, 2.05) is 0 Å². The van der Waals surface area contributed by atoms with Crippen LogP contribution in [0.2, 0.25) is 0 Å². The number of sulfone groups is 1. The van der Waals surface area contributed by atoms with E-state index < -0.39 is 9.84 Å². The highest BCUT2D eigenvalue weighted by atomic mass is 32.2. The topological polar surface area (TPSA) is 49.4 Å². The number of nitrogens with zero attached hydrogens (tertiary/aromatic N) is 1. The summed E-state index contributed by atoms with van der Waals surface area (Å²) in [4.78, 5) is 2.29. The molecule has 0 spiro atoms. The van der Waals surface area contributed by atoms with Gasteiger partial charge in [0.15, 0.2) is 0 Å². The minimum Gasteiger partial charge on any atom is -0.312 e. The van der Waals surface area contributed by atoms with E-state index in [-0.39, 0.29) is 11.3 Å². The molecular weight excluding hydrogens is 260 g/mol. The second-order valence-electron chi connectivity index (χ2n) is 5.59. The third kappa shape index (κ3) is 5.79. The van der Waals surface area contributed by atoms with E-state index in [1.165, 1.54) is 6.26 Å². The summed E-state index contributed by atoms with van der Waals surface area (Å²) >= 11 is 0. The molecule has 0 aliphatic carbocycles. The lowest BCUT2D eigenvalue weighted by atomic mass is 9.81. The summed E-state index contributed by atoms with van der Waals surface area (Å²) in [6, 6.07) is 0.337. The van der Waals surface area contributed by atoms with E-state index >= 15 is 0 Å². The second-order valence-corrected chi connectivity index (χ2v) is 7.85. The van der Waals surface area contributed by atoms with Gasteiger partial charge in [-0.15, -0.1) is 0 Å². The van der Waals surface area contributed by atoms with Gasteiger partial charge in [-0.2, -0.15) is 0 Å². The van der Waals surface area contributed by atoms with Gasteiger partial charge in [0.05, 0.1) is 0 Å². The predicted molar refractivity (Wildman–Crippen MR) is 83.4 cm³/mol. The van der Waals surface area contributed by atoms with E-state index in [9.17, 15) is 8.42 Å². The fourth-order valence-corrected chi connectivity index (χ4v) is 3.73. The Balaban J connectivity index is 4.85. The SMILES string of the molecule is CCNC(CCCS(C)(=O)=O)C(CC)(CC)N(C)C. The first-order valence-electron chi connectivity index (χ1n) is 7.32. The molecule has 0 heterocycles. The van der Waals surface area contributed by atoms with Crippen molar-refractivity contribution in [3.8, 4) is 0 Å². The lowest BCUT2D eigenvalue weighted by Crippen LogP contribution is -2.58. The number of hydrogen-bond donors (Lipinski definition) is 1. The zero-order chi connectivity index (χ0) is 15.1. The predicted octanol–water partition coefficient (Wildman–Crippen LogP) is 1.91. The molecule has 1 unspecified atom stereocenters. The van der Waals surface area contributed by atoms with Gasteiger partial charge in [-0.3, -0.25) is 0 Å². The smallest absolute Gasteiger partial charge is 0.147 e. The Morgan fingerprint density at radius 1 is 1.16 bits per heavy atom. The van der Waals surface area contributed by atoms with Crippen LogP contribution in [0.3, 0.4) is 0 Å². The Morgan fingerprint density at radius 2 is 1.68 bits per heavy atom. The average Bonchev–Trinajstić information content (AvgIpc) is 2.29. The normalized spacial score (nSPS) is 14.9. The summed E-state index contributed by atoms with van der Waals surface area (Å²) in [6.45, 7) is 7.45. The second kappa shape index (κ2) is 8.22. The molecule has 0 saturated heterocycles. The number of likely N-dealkylation sites (N-methyl/N-ethyl adjacent to an activating group) is 2. The van der Waals surface area contributed by atoms with E-state index in [0.29, 0.717) is 6.04 Å². The van der Waals surface area contributed by atoms with Gasteiger partial charge in [0.25, 0.3) is 0 Å². The van der Waals surface area contributed by atoms with Gasteiger partial charge in [-0.25, -0.2) is 8.42 Å². The zero-order valence-electron chi connectivity index (χ0n) is 13.5. The first kappa shape index (κ1) is 18.9. The highest BCUT2D eigenvalue weighted by molar-refractivity contribution is 7.90. The molecule has 1 N–H and O–H groups in total. The molecule has 0 saturated carbocycles. The van der Waals surface area contributed by atoms with Gasteiger partial charge in [-0.05, 0) is 46.3 Å².